The van der Waals surface area contributed by atoms with Crippen molar-refractivity contribution in [2.75, 3.05) is 76.4 Å². The van der Waals surface area contributed by atoms with Gasteiger partial charge in [-0.15, -0.1) is 0 Å². The van der Waals surface area contributed by atoms with Gasteiger partial charge in [-0.2, -0.15) is 5.01 Å². The molecule has 0 aliphatic carbocycles. The van der Waals surface area contributed by atoms with E-state index in [0.717, 1.165) is 51.1 Å². The Labute approximate surface area is 225 Å². The van der Waals surface area contributed by atoms with Crippen molar-refractivity contribution in [2.24, 2.45) is 5.92 Å². The van der Waals surface area contributed by atoms with E-state index in [1.54, 1.807) is 0 Å². The van der Waals surface area contributed by atoms with E-state index >= 15 is 0 Å². The maximum Gasteiger partial charge on any atom is 0.244 e. The monoisotopic (exact) mass is 526 g/mol. The van der Waals surface area contributed by atoms with Crippen LogP contribution in [0.3, 0.4) is 0 Å². The number of ether oxygens (including phenoxy) is 2. The van der Waals surface area contributed by atoms with Gasteiger partial charge in [-0.25, -0.2) is 0 Å². The third-order valence-electron chi connectivity index (χ3n) is 8.29. The molecule has 5 heterocycles. The van der Waals surface area contributed by atoms with Crippen LogP contribution in [-0.4, -0.2) is 112 Å². The van der Waals surface area contributed by atoms with Gasteiger partial charge in [0.1, 0.15) is 12.5 Å². The lowest BCUT2D eigenvalue weighted by molar-refractivity contribution is -0.149. The van der Waals surface area contributed by atoms with Gasteiger partial charge in [0, 0.05) is 44.1 Å². The van der Waals surface area contributed by atoms with Crippen molar-refractivity contribution < 1.29 is 14.3 Å². The second-order valence-electron chi connectivity index (χ2n) is 10.9. The Balaban J connectivity index is 1.15. The largest absolute Gasteiger partial charge is 0.375 e. The van der Waals surface area contributed by atoms with Crippen LogP contribution in [0.2, 0.25) is 0 Å². The lowest BCUT2D eigenvalue weighted by atomic mass is 10.0. The zero-order valence-electron chi connectivity index (χ0n) is 22.3. The Bertz CT molecular complexity index is 970. The second kappa shape index (κ2) is 11.9. The molecule has 5 unspecified atom stereocenters. The normalized spacial score (nSPS) is 34.4. The first-order valence-corrected chi connectivity index (χ1v) is 14.2. The molecule has 38 heavy (non-hydrogen) atoms. The number of hydrogen-bond acceptors (Lipinski definition) is 10. The highest BCUT2D eigenvalue weighted by atomic mass is 16.5. The highest BCUT2D eigenvalue weighted by molar-refractivity contribution is 5.82. The Kier molecular flexibility index (Phi) is 8.12. The van der Waals surface area contributed by atoms with Crippen molar-refractivity contribution in [3.63, 3.8) is 0 Å². The molecule has 5 atom stereocenters. The number of piperidine rings is 1. The number of rotatable bonds is 3. The van der Waals surface area contributed by atoms with Crippen molar-refractivity contribution in [3.05, 3.63) is 36.4 Å². The van der Waals surface area contributed by atoms with Gasteiger partial charge in [-0.3, -0.25) is 25.8 Å². The fourth-order valence-corrected chi connectivity index (χ4v) is 6.14. The number of carbonyl (C=O) groups excluding carboxylic acids is 1. The predicted octanol–water partition coefficient (Wildman–Crippen LogP) is 0.357. The summed E-state index contributed by atoms with van der Waals surface area (Å²) in [6.45, 7) is 7.11. The summed E-state index contributed by atoms with van der Waals surface area (Å²) in [6, 6.07) is 8.68. The van der Waals surface area contributed by atoms with E-state index in [2.05, 4.69) is 67.4 Å². The number of benzene rings is 1. The molecule has 0 spiro atoms. The minimum atomic E-state index is -0.159. The van der Waals surface area contributed by atoms with Gasteiger partial charge in [0.05, 0.1) is 44.6 Å². The third-order valence-corrected chi connectivity index (χ3v) is 8.29. The number of hydrogen-bond donors (Lipinski definition) is 4. The van der Waals surface area contributed by atoms with Gasteiger partial charge in [-0.1, -0.05) is 12.2 Å². The summed E-state index contributed by atoms with van der Waals surface area (Å²) < 4.78 is 11.7. The van der Waals surface area contributed by atoms with Gasteiger partial charge in [0.25, 0.3) is 0 Å². The third kappa shape index (κ3) is 5.69. The van der Waals surface area contributed by atoms with Crippen molar-refractivity contribution in [1.82, 2.24) is 30.9 Å². The van der Waals surface area contributed by atoms with Gasteiger partial charge in [0.15, 0.2) is 0 Å². The average molecular weight is 527 g/mol. The van der Waals surface area contributed by atoms with Gasteiger partial charge in [0.2, 0.25) is 5.91 Å². The molecule has 0 radical (unpaired) electrons. The van der Waals surface area contributed by atoms with Crippen molar-refractivity contribution >= 4 is 17.3 Å². The van der Waals surface area contributed by atoms with E-state index < -0.39 is 0 Å². The van der Waals surface area contributed by atoms with Gasteiger partial charge in [-0.05, 0) is 50.6 Å². The summed E-state index contributed by atoms with van der Waals surface area (Å²) in [7, 11) is 2.18. The molecule has 1 aromatic rings. The molecule has 0 saturated carbocycles. The number of amides is 1. The quantitative estimate of drug-likeness (QED) is 0.414. The van der Waals surface area contributed by atoms with Crippen LogP contribution in [0.25, 0.3) is 0 Å². The summed E-state index contributed by atoms with van der Waals surface area (Å²) in [5.74, 6) is -0.0106. The van der Waals surface area contributed by atoms with Crippen LogP contribution in [0.5, 0.6) is 0 Å². The number of carbonyl (C=O) groups is 1. The van der Waals surface area contributed by atoms with E-state index in [0.29, 0.717) is 32.9 Å². The number of likely N-dealkylation sites (N-methyl/N-ethyl adjacent to an activating group) is 1. The summed E-state index contributed by atoms with van der Waals surface area (Å²) in [4.78, 5) is 18.4. The molecule has 5 aliphatic heterocycles. The topological polar surface area (TPSA) is 96.6 Å². The summed E-state index contributed by atoms with van der Waals surface area (Å²) in [6.07, 6.45) is 6.74. The van der Waals surface area contributed by atoms with Crippen LogP contribution in [0.15, 0.2) is 36.4 Å². The zero-order valence-corrected chi connectivity index (χ0v) is 22.3. The first kappa shape index (κ1) is 26.0. The Morgan fingerprint density at radius 1 is 1.00 bits per heavy atom. The molecular formula is C27H42N8O3. The van der Waals surface area contributed by atoms with E-state index in [1.165, 1.54) is 5.69 Å². The molecule has 4 saturated heterocycles. The molecule has 208 valence electrons. The number of nitrogens with one attached hydrogen (secondary N) is 4. The molecule has 6 rings (SSSR count). The lowest BCUT2D eigenvalue weighted by Crippen LogP contribution is -2.68. The van der Waals surface area contributed by atoms with Crippen LogP contribution in [-0.2, 0) is 14.3 Å². The second-order valence-corrected chi connectivity index (χ2v) is 10.9. The summed E-state index contributed by atoms with van der Waals surface area (Å²) in [5.41, 5.74) is 2.31. The number of anilines is 2. The highest BCUT2D eigenvalue weighted by Crippen LogP contribution is 2.31. The van der Waals surface area contributed by atoms with E-state index in [9.17, 15) is 4.79 Å². The number of nitrogens with zero attached hydrogens (tertiary/aromatic N) is 4. The van der Waals surface area contributed by atoms with Gasteiger partial charge >= 0.3 is 0 Å². The van der Waals surface area contributed by atoms with E-state index in [1.807, 2.05) is 17.2 Å². The fraction of sp³-hybridized carbons (Fsp3) is 0.667. The molecule has 0 aromatic heterocycles. The first-order chi connectivity index (χ1) is 18.7. The molecule has 1 aromatic carbocycles. The fourth-order valence-electron chi connectivity index (χ4n) is 6.14. The van der Waals surface area contributed by atoms with E-state index in [-0.39, 0.29) is 36.7 Å². The average Bonchev–Trinajstić information content (AvgIpc) is 3.22. The number of fused-ring (bicyclic) bond motifs is 6. The standard InChI is InChI=1S/C27H42N8O3/c1-32-12-14-33(15-13-32)21-9-7-20(8-10-21)29-27-28-19-22-25(31-27)35-23-5-4-6-24(30-23)38-18-17-37-16-3-2-11-34(35)26(22)36/h2-3,7-10,22-25,27-31H,4-6,11-19H2,1H3/b3-2+. The molecule has 11 heteroatoms. The van der Waals surface area contributed by atoms with E-state index in [4.69, 9.17) is 9.47 Å². The van der Waals surface area contributed by atoms with Crippen LogP contribution in [0.4, 0.5) is 11.4 Å². The van der Waals surface area contributed by atoms with Crippen molar-refractivity contribution in [1.29, 1.82) is 0 Å². The summed E-state index contributed by atoms with van der Waals surface area (Å²) >= 11 is 0. The Morgan fingerprint density at radius 3 is 2.68 bits per heavy atom. The minimum Gasteiger partial charge on any atom is -0.375 e. The smallest absolute Gasteiger partial charge is 0.244 e. The molecule has 5 aliphatic rings. The van der Waals surface area contributed by atoms with Gasteiger partial charge < -0.3 is 24.6 Å². The predicted molar refractivity (Wildman–Crippen MR) is 146 cm³/mol. The minimum absolute atomic E-state index is 0.0249. The molecular weight excluding hydrogens is 484 g/mol. The Morgan fingerprint density at radius 2 is 1.84 bits per heavy atom. The molecule has 11 nitrogen and oxygen atoms in total. The van der Waals surface area contributed by atoms with Crippen LogP contribution in [0, 0.1) is 5.92 Å². The SMILES string of the molecule is CN1CCN(c2ccc(NC3NCC4C(=O)N5C/C=C/COCCOC6CCCC(N6)N5C4N3)cc2)CC1. The number of hydrazine groups is 1. The molecule has 4 fully saturated rings. The summed E-state index contributed by atoms with van der Waals surface area (Å²) in [5, 5.41) is 18.6. The molecule has 4 N–H and O–H groups in total. The number of piperazine rings is 1. The zero-order chi connectivity index (χ0) is 25.9. The van der Waals surface area contributed by atoms with Crippen LogP contribution < -0.4 is 26.2 Å². The first-order valence-electron chi connectivity index (χ1n) is 14.2. The highest BCUT2D eigenvalue weighted by Gasteiger charge is 2.52. The maximum absolute atomic E-state index is 13.5. The van der Waals surface area contributed by atoms with Crippen LogP contribution >= 0.6 is 0 Å². The molecule has 2 bridgehead atoms. The maximum atomic E-state index is 13.5. The Hall–Kier alpha value is -2.25. The lowest BCUT2D eigenvalue weighted by Gasteiger charge is -2.44. The molecule has 1 amide bonds. The van der Waals surface area contributed by atoms with Crippen molar-refractivity contribution in [3.8, 4) is 0 Å². The van der Waals surface area contributed by atoms with Crippen molar-refractivity contribution in [2.45, 2.75) is 44.1 Å². The van der Waals surface area contributed by atoms with Crippen LogP contribution in [0.1, 0.15) is 19.3 Å².